The summed E-state index contributed by atoms with van der Waals surface area (Å²) >= 11 is 0. The smallest absolute Gasteiger partial charge is 0.270 e. The number of piperidine rings is 1. The lowest BCUT2D eigenvalue weighted by atomic mass is 10.1. The molecule has 2 fully saturated rings. The first-order chi connectivity index (χ1) is 16.3. The molecule has 2 aliphatic rings. The molecule has 34 heavy (non-hydrogen) atoms. The number of anilines is 2. The van der Waals surface area contributed by atoms with Crippen molar-refractivity contribution in [2.24, 2.45) is 11.8 Å². The molecule has 3 aromatic rings. The van der Waals surface area contributed by atoms with Gasteiger partial charge in [0.15, 0.2) is 11.5 Å². The van der Waals surface area contributed by atoms with Crippen LogP contribution in [0.5, 0.6) is 0 Å². The summed E-state index contributed by atoms with van der Waals surface area (Å²) in [5.74, 6) is 1.95. The van der Waals surface area contributed by atoms with E-state index in [1.54, 1.807) is 20.0 Å². The van der Waals surface area contributed by atoms with Crippen LogP contribution in [0.2, 0.25) is 0 Å². The zero-order valence-corrected chi connectivity index (χ0v) is 20.1. The largest absolute Gasteiger partial charge is 0.414 e. The number of rotatable bonds is 8. The van der Waals surface area contributed by atoms with Crippen molar-refractivity contribution < 1.29 is 21.4 Å². The molecule has 3 atom stereocenters. The molecule has 4 N–H and O–H groups in total. The molecule has 1 aliphatic heterocycles. The van der Waals surface area contributed by atoms with Crippen molar-refractivity contribution in [1.29, 1.82) is 0 Å². The third-order valence-electron chi connectivity index (χ3n) is 6.44. The second kappa shape index (κ2) is 8.60. The van der Waals surface area contributed by atoms with Crippen LogP contribution in [-0.4, -0.2) is 60.0 Å². The summed E-state index contributed by atoms with van der Waals surface area (Å²) in [6, 6.07) is 7.84. The highest BCUT2D eigenvalue weighted by Crippen LogP contribution is 2.47. The summed E-state index contributed by atoms with van der Waals surface area (Å²) < 4.78 is 33.0. The highest BCUT2D eigenvalue weighted by atomic mass is 32.2. The van der Waals surface area contributed by atoms with Crippen molar-refractivity contribution in [1.82, 2.24) is 30.2 Å². The van der Waals surface area contributed by atoms with Crippen LogP contribution in [0.4, 0.5) is 11.6 Å². The summed E-state index contributed by atoms with van der Waals surface area (Å²) in [6.07, 6.45) is 1.62. The minimum absolute atomic E-state index is 0. The Balaban J connectivity index is 0. The Bertz CT molecular complexity index is 1300. The van der Waals surface area contributed by atoms with Crippen LogP contribution < -0.4 is 20.7 Å². The fourth-order valence-electron chi connectivity index (χ4n) is 4.32. The van der Waals surface area contributed by atoms with Crippen LogP contribution in [-0.2, 0) is 16.6 Å². The molecule has 1 aliphatic carbocycles. The number of sulfonamides is 1. The lowest BCUT2D eigenvalue weighted by Crippen LogP contribution is -2.38. The van der Waals surface area contributed by atoms with E-state index in [0.717, 1.165) is 17.7 Å². The Kier molecular flexibility index (Phi) is 5.74. The molecule has 3 heterocycles. The minimum atomic E-state index is -3.28. The SMILES string of the molecule is CNCc1ccc(-c2nnc(-c3nc(N4CC5C(NS(=O)(=O)C(C)C)[C@H]5C4)cnc3N)o2)cc1.[HH].[HH].[HH].[HH].[HH].[HH]. The molecule has 1 aromatic carbocycles. The molecule has 0 bridgehead atoms. The number of nitrogens with one attached hydrogen (secondary N) is 2. The molecule has 2 aromatic heterocycles. The molecule has 11 nitrogen and oxygen atoms in total. The number of hydrogen-bond donors (Lipinski definition) is 3. The molecule has 1 saturated carbocycles. The van der Waals surface area contributed by atoms with E-state index >= 15 is 0 Å². The van der Waals surface area contributed by atoms with E-state index in [9.17, 15) is 8.42 Å². The number of benzene rings is 1. The highest BCUT2D eigenvalue weighted by molar-refractivity contribution is 7.90. The summed E-state index contributed by atoms with van der Waals surface area (Å²) in [5, 5.41) is 11.0. The van der Waals surface area contributed by atoms with Gasteiger partial charge in [-0.3, -0.25) is 0 Å². The Morgan fingerprint density at radius 3 is 2.50 bits per heavy atom. The molecular formula is C22H40N8O3S. The first kappa shape index (κ1) is 22.7. The maximum absolute atomic E-state index is 12.2. The molecule has 12 heteroatoms. The highest BCUT2D eigenvalue weighted by Gasteiger charge is 2.57. The predicted octanol–water partition coefficient (Wildman–Crippen LogP) is 2.73. The third kappa shape index (κ3) is 4.24. The Morgan fingerprint density at radius 2 is 1.85 bits per heavy atom. The fraction of sp³-hybridized carbons (Fsp3) is 0.455. The summed E-state index contributed by atoms with van der Waals surface area (Å²) in [4.78, 5) is 11.0. The fourth-order valence-corrected chi connectivity index (χ4v) is 5.32. The van der Waals surface area contributed by atoms with Crippen LogP contribution in [0.15, 0.2) is 34.9 Å². The molecule has 5 rings (SSSR count). The Labute approximate surface area is 207 Å². The van der Waals surface area contributed by atoms with E-state index < -0.39 is 15.3 Å². The van der Waals surface area contributed by atoms with Gasteiger partial charge >= 0.3 is 0 Å². The monoisotopic (exact) mass is 496 g/mol. The quantitative estimate of drug-likeness (QED) is 0.424. The zero-order chi connectivity index (χ0) is 24.0. The maximum atomic E-state index is 12.2. The number of hydrogen-bond acceptors (Lipinski definition) is 10. The van der Waals surface area contributed by atoms with Crippen molar-refractivity contribution >= 4 is 21.7 Å². The predicted molar refractivity (Wildman–Crippen MR) is 141 cm³/mol. The van der Waals surface area contributed by atoms with E-state index in [1.165, 1.54) is 0 Å². The Hall–Kier alpha value is -3.09. The van der Waals surface area contributed by atoms with Gasteiger partial charge in [-0.25, -0.2) is 23.1 Å². The van der Waals surface area contributed by atoms with Crippen molar-refractivity contribution in [2.75, 3.05) is 30.8 Å². The number of nitrogens with zero attached hydrogens (tertiary/aromatic N) is 5. The van der Waals surface area contributed by atoms with E-state index in [2.05, 4.69) is 35.1 Å². The number of aromatic nitrogens is 4. The first-order valence-corrected chi connectivity index (χ1v) is 12.8. The second-order valence-electron chi connectivity index (χ2n) is 9.07. The van der Waals surface area contributed by atoms with Crippen molar-refractivity contribution in [2.45, 2.75) is 31.7 Å². The summed E-state index contributed by atoms with van der Waals surface area (Å²) in [7, 11) is -1.38. The zero-order valence-electron chi connectivity index (χ0n) is 19.3. The number of nitrogens with two attached hydrogens (primary N) is 1. The van der Waals surface area contributed by atoms with Gasteiger partial charge in [0.05, 0.1) is 11.4 Å². The van der Waals surface area contributed by atoms with Gasteiger partial charge in [0.2, 0.25) is 15.9 Å². The van der Waals surface area contributed by atoms with E-state index in [1.807, 2.05) is 31.3 Å². The molecule has 0 spiro atoms. The van der Waals surface area contributed by atoms with Crippen molar-refractivity contribution in [3.63, 3.8) is 0 Å². The standard InChI is InChI=1S/C22H28N8O3S.6H2/c1-12(2)34(31,32)29-18-15-10-30(11-16(15)18)17-9-25-20(23)19(26-17)22-28-27-21(33-22)14-6-4-13(5-7-14)8-24-3;;;;;;/h4-7,9,12,15-16,18,24,29H,8,10-11H2,1-3H3,(H2,23,25);6*1H/t15-,16?,18?;;;;;;/m0....../s1. The van der Waals surface area contributed by atoms with Crippen LogP contribution in [0.1, 0.15) is 28.0 Å². The number of nitrogen functional groups attached to an aromatic ring is 1. The average molecular weight is 497 g/mol. The van der Waals surface area contributed by atoms with Crippen LogP contribution in [0, 0.1) is 11.8 Å². The van der Waals surface area contributed by atoms with Crippen LogP contribution >= 0.6 is 0 Å². The van der Waals surface area contributed by atoms with Crippen LogP contribution in [0.25, 0.3) is 23.0 Å². The summed E-state index contributed by atoms with van der Waals surface area (Å²) in [6.45, 7) is 5.53. The third-order valence-corrected chi connectivity index (χ3v) is 8.28. The van der Waals surface area contributed by atoms with Gasteiger partial charge < -0.3 is 20.4 Å². The lowest BCUT2D eigenvalue weighted by Gasteiger charge is -2.21. The van der Waals surface area contributed by atoms with Gasteiger partial charge in [-0.05, 0) is 50.4 Å². The van der Waals surface area contributed by atoms with Crippen molar-refractivity contribution in [3.05, 3.63) is 36.0 Å². The topological polar surface area (TPSA) is 152 Å². The Morgan fingerprint density at radius 1 is 1.18 bits per heavy atom. The molecule has 0 amide bonds. The molecule has 2 unspecified atom stereocenters. The normalized spacial score (nSPS) is 21.8. The first-order valence-electron chi connectivity index (χ1n) is 11.2. The minimum Gasteiger partial charge on any atom is -0.414 e. The molecule has 1 saturated heterocycles. The van der Waals surface area contributed by atoms with Crippen LogP contribution in [0.3, 0.4) is 0 Å². The van der Waals surface area contributed by atoms with Gasteiger partial charge in [0, 0.05) is 39.8 Å². The molecular weight excluding hydrogens is 456 g/mol. The van der Waals surface area contributed by atoms with Gasteiger partial charge in [-0.1, -0.05) is 12.1 Å². The van der Waals surface area contributed by atoms with Gasteiger partial charge in [-0.2, -0.15) is 0 Å². The molecule has 192 valence electrons. The summed E-state index contributed by atoms with van der Waals surface area (Å²) in [5.41, 5.74) is 8.36. The van der Waals surface area contributed by atoms with Gasteiger partial charge in [0.1, 0.15) is 5.82 Å². The molecule has 0 radical (unpaired) electrons. The van der Waals surface area contributed by atoms with Gasteiger partial charge in [-0.15, -0.1) is 10.2 Å². The van der Waals surface area contributed by atoms with Gasteiger partial charge in [0.25, 0.3) is 5.89 Å². The van der Waals surface area contributed by atoms with E-state index in [0.29, 0.717) is 30.5 Å². The average Bonchev–Trinajstić information content (AvgIpc) is 3.19. The van der Waals surface area contributed by atoms with E-state index in [4.69, 9.17) is 10.2 Å². The number of fused-ring (bicyclic) bond motifs is 1. The maximum Gasteiger partial charge on any atom is 0.270 e. The van der Waals surface area contributed by atoms with Crippen molar-refractivity contribution in [3.8, 4) is 23.0 Å². The van der Waals surface area contributed by atoms with E-state index in [-0.39, 0.29) is 38.1 Å². The lowest BCUT2D eigenvalue weighted by molar-refractivity contribution is 0.561. The second-order valence-corrected chi connectivity index (χ2v) is 11.3.